The van der Waals surface area contributed by atoms with Crippen molar-refractivity contribution in [2.45, 2.75) is 24.8 Å². The lowest BCUT2D eigenvalue weighted by molar-refractivity contribution is 0.0600. The molecule has 1 fully saturated rings. The average molecular weight is 417 g/mol. The first-order chi connectivity index (χ1) is 15.1. The molecule has 160 valence electrons. The highest BCUT2D eigenvalue weighted by Crippen LogP contribution is 2.41. The van der Waals surface area contributed by atoms with Crippen molar-refractivity contribution in [2.24, 2.45) is 0 Å². The normalized spacial score (nSPS) is 19.0. The zero-order chi connectivity index (χ0) is 21.7. The lowest BCUT2D eigenvalue weighted by Crippen LogP contribution is -2.47. The molecule has 5 heteroatoms. The molecule has 0 N–H and O–H groups in total. The van der Waals surface area contributed by atoms with E-state index < -0.39 is 0 Å². The largest absolute Gasteiger partial charge is 0.497 e. The van der Waals surface area contributed by atoms with E-state index in [4.69, 9.17) is 14.5 Å². The smallest absolute Gasteiger partial charge is 0.339 e. The predicted octanol–water partition coefficient (Wildman–Crippen LogP) is 4.46. The number of hydrogen-bond donors (Lipinski definition) is 0. The Morgan fingerprint density at radius 1 is 1.06 bits per heavy atom. The van der Waals surface area contributed by atoms with Crippen molar-refractivity contribution in [3.8, 4) is 5.75 Å². The number of ether oxygens (including phenoxy) is 2. The van der Waals surface area contributed by atoms with Gasteiger partial charge in [0.2, 0.25) is 0 Å². The van der Waals surface area contributed by atoms with Crippen LogP contribution in [-0.2, 0) is 16.7 Å². The second kappa shape index (κ2) is 9.31. The second-order valence-corrected chi connectivity index (χ2v) is 8.04. The Kier molecular flexibility index (Phi) is 6.33. The van der Waals surface area contributed by atoms with Crippen LogP contribution in [0, 0.1) is 0 Å². The molecule has 31 heavy (non-hydrogen) atoms. The van der Waals surface area contributed by atoms with Gasteiger partial charge in [-0.2, -0.15) is 0 Å². The highest BCUT2D eigenvalue weighted by atomic mass is 16.5. The maximum Gasteiger partial charge on any atom is 0.339 e. The molecule has 1 unspecified atom stereocenters. The van der Waals surface area contributed by atoms with Crippen molar-refractivity contribution in [1.82, 2.24) is 9.88 Å². The van der Waals surface area contributed by atoms with Gasteiger partial charge < -0.3 is 9.47 Å². The molecule has 1 aliphatic heterocycles. The Bertz CT molecular complexity index is 1020. The Labute approximate surface area is 183 Å². The number of piperidine rings is 1. The fourth-order valence-corrected chi connectivity index (χ4v) is 4.55. The first kappa shape index (κ1) is 21.1. The minimum atomic E-state index is -0.371. The maximum absolute atomic E-state index is 11.9. The van der Waals surface area contributed by atoms with Crippen molar-refractivity contribution in [1.29, 1.82) is 0 Å². The van der Waals surface area contributed by atoms with Gasteiger partial charge >= 0.3 is 5.97 Å². The Balaban J connectivity index is 1.73. The van der Waals surface area contributed by atoms with Crippen LogP contribution in [0.15, 0.2) is 72.9 Å². The van der Waals surface area contributed by atoms with E-state index in [0.29, 0.717) is 5.56 Å². The standard InChI is InChI=1S/C26H28N2O3/c1-30-23-11-6-10-22(16-23)26(24-13-12-21(17-27-24)25(29)31-2)14-7-15-28(19-26)18-20-8-4-3-5-9-20/h3-6,8-13,16-17H,7,14-15,18-19H2,1-2H3. The summed E-state index contributed by atoms with van der Waals surface area (Å²) in [5.74, 6) is 0.465. The van der Waals surface area contributed by atoms with Crippen LogP contribution < -0.4 is 4.74 Å². The topological polar surface area (TPSA) is 51.7 Å². The van der Waals surface area contributed by atoms with E-state index in [1.54, 1.807) is 13.3 Å². The van der Waals surface area contributed by atoms with Crippen LogP contribution in [-0.4, -0.2) is 43.2 Å². The molecule has 4 rings (SSSR count). The monoisotopic (exact) mass is 416 g/mol. The number of carbonyl (C=O) groups is 1. The van der Waals surface area contributed by atoms with Gasteiger partial charge in [-0.25, -0.2) is 4.79 Å². The Morgan fingerprint density at radius 3 is 2.61 bits per heavy atom. The highest BCUT2D eigenvalue weighted by molar-refractivity contribution is 5.88. The highest BCUT2D eigenvalue weighted by Gasteiger charge is 2.40. The summed E-state index contributed by atoms with van der Waals surface area (Å²) in [6, 6.07) is 22.6. The SMILES string of the molecule is COC(=O)c1ccc(C2(c3cccc(OC)c3)CCCN(Cc3ccccc3)C2)nc1. The molecule has 1 saturated heterocycles. The molecule has 1 aliphatic rings. The van der Waals surface area contributed by atoms with Gasteiger partial charge in [0.25, 0.3) is 0 Å². The first-order valence-electron chi connectivity index (χ1n) is 10.6. The molecule has 0 spiro atoms. The summed E-state index contributed by atoms with van der Waals surface area (Å²) in [6.07, 6.45) is 3.67. The number of aromatic nitrogens is 1. The maximum atomic E-state index is 11.9. The van der Waals surface area contributed by atoms with Crippen molar-refractivity contribution < 1.29 is 14.3 Å². The van der Waals surface area contributed by atoms with Crippen LogP contribution in [0.4, 0.5) is 0 Å². The van der Waals surface area contributed by atoms with E-state index in [1.165, 1.54) is 18.2 Å². The number of carbonyl (C=O) groups excluding carboxylic acids is 1. The number of hydrogen-bond acceptors (Lipinski definition) is 5. The van der Waals surface area contributed by atoms with Gasteiger partial charge in [-0.15, -0.1) is 0 Å². The predicted molar refractivity (Wildman–Crippen MR) is 120 cm³/mol. The molecule has 0 saturated carbocycles. The summed E-state index contributed by atoms with van der Waals surface area (Å²) in [4.78, 5) is 19.1. The zero-order valence-electron chi connectivity index (χ0n) is 18.1. The second-order valence-electron chi connectivity index (χ2n) is 8.04. The molecule has 2 aromatic carbocycles. The van der Waals surface area contributed by atoms with Crippen molar-refractivity contribution in [2.75, 3.05) is 27.3 Å². The fraction of sp³-hybridized carbons (Fsp3) is 0.308. The van der Waals surface area contributed by atoms with Gasteiger partial charge in [-0.1, -0.05) is 42.5 Å². The number of benzene rings is 2. The lowest BCUT2D eigenvalue weighted by atomic mass is 9.71. The lowest BCUT2D eigenvalue weighted by Gasteiger charge is -2.43. The summed E-state index contributed by atoms with van der Waals surface area (Å²) in [7, 11) is 3.08. The third kappa shape index (κ3) is 4.47. The van der Waals surface area contributed by atoms with Gasteiger partial charge in [-0.05, 0) is 54.8 Å². The number of methoxy groups -OCH3 is 2. The number of pyridine rings is 1. The molecule has 1 atom stereocenters. The van der Waals surface area contributed by atoms with Crippen molar-refractivity contribution >= 4 is 5.97 Å². The molecule has 3 aromatic rings. The van der Waals surface area contributed by atoms with Gasteiger partial charge in [0.1, 0.15) is 5.75 Å². The Morgan fingerprint density at radius 2 is 1.90 bits per heavy atom. The third-order valence-corrected chi connectivity index (χ3v) is 6.12. The van der Waals surface area contributed by atoms with Gasteiger partial charge in [0.05, 0.1) is 30.9 Å². The third-order valence-electron chi connectivity index (χ3n) is 6.12. The van der Waals surface area contributed by atoms with Crippen molar-refractivity contribution in [3.05, 3.63) is 95.3 Å². The van der Waals surface area contributed by atoms with Gasteiger partial charge in [-0.3, -0.25) is 9.88 Å². The van der Waals surface area contributed by atoms with Crippen LogP contribution in [0.1, 0.15) is 40.0 Å². The van der Waals surface area contributed by atoms with Crippen LogP contribution in [0.3, 0.4) is 0 Å². The zero-order valence-corrected chi connectivity index (χ0v) is 18.1. The van der Waals surface area contributed by atoms with E-state index in [2.05, 4.69) is 41.3 Å². The van der Waals surface area contributed by atoms with E-state index >= 15 is 0 Å². The summed E-state index contributed by atoms with van der Waals surface area (Å²) >= 11 is 0. The minimum Gasteiger partial charge on any atom is -0.497 e. The number of nitrogens with zero attached hydrogens (tertiary/aromatic N) is 2. The van der Waals surface area contributed by atoms with E-state index in [1.807, 2.05) is 30.3 Å². The Hall–Kier alpha value is -3.18. The van der Waals surface area contributed by atoms with Gasteiger partial charge in [0, 0.05) is 19.3 Å². The van der Waals surface area contributed by atoms with Crippen molar-refractivity contribution in [3.63, 3.8) is 0 Å². The molecule has 1 aromatic heterocycles. The van der Waals surface area contributed by atoms with E-state index in [-0.39, 0.29) is 11.4 Å². The molecular formula is C26H28N2O3. The average Bonchev–Trinajstić information content (AvgIpc) is 2.84. The first-order valence-corrected chi connectivity index (χ1v) is 10.6. The molecule has 5 nitrogen and oxygen atoms in total. The number of likely N-dealkylation sites (tertiary alicyclic amines) is 1. The molecule has 0 aliphatic carbocycles. The molecule has 0 amide bonds. The molecule has 0 radical (unpaired) electrons. The quantitative estimate of drug-likeness (QED) is 0.556. The van der Waals surface area contributed by atoms with Crippen LogP contribution in [0.5, 0.6) is 5.75 Å². The fourth-order valence-electron chi connectivity index (χ4n) is 4.55. The molecular weight excluding hydrogens is 388 g/mol. The summed E-state index contributed by atoms with van der Waals surface area (Å²) in [6.45, 7) is 2.79. The van der Waals surface area contributed by atoms with E-state index in [0.717, 1.165) is 43.9 Å². The summed E-state index contributed by atoms with van der Waals surface area (Å²) < 4.78 is 10.4. The number of esters is 1. The summed E-state index contributed by atoms with van der Waals surface area (Å²) in [5.41, 5.74) is 3.63. The molecule has 2 heterocycles. The van der Waals surface area contributed by atoms with E-state index in [9.17, 15) is 4.79 Å². The van der Waals surface area contributed by atoms with Crippen LogP contribution in [0.2, 0.25) is 0 Å². The van der Waals surface area contributed by atoms with Gasteiger partial charge in [0.15, 0.2) is 0 Å². The summed E-state index contributed by atoms with van der Waals surface area (Å²) in [5, 5.41) is 0. The molecule has 0 bridgehead atoms. The van der Waals surface area contributed by atoms with Crippen LogP contribution in [0.25, 0.3) is 0 Å². The minimum absolute atomic E-state index is 0.282. The number of rotatable bonds is 6. The van der Waals surface area contributed by atoms with Crippen LogP contribution >= 0.6 is 0 Å².